The molecule has 2 heterocycles. The van der Waals surface area contributed by atoms with Crippen molar-refractivity contribution >= 4 is 27.8 Å². The number of nitrogens with zero attached hydrogens (tertiary/aromatic N) is 2. The first-order valence-corrected chi connectivity index (χ1v) is 9.49. The number of furan rings is 1. The molecular weight excluding hydrogens is 426 g/mol. The SMILES string of the molecule is Cc1nn(Cc2ccccc2)c(C)c1CNC(=O)COC(=O)c1ccc(Br)o1. The molecule has 0 unspecified atom stereocenters. The molecule has 1 N–H and O–H groups in total. The van der Waals surface area contributed by atoms with E-state index in [0.29, 0.717) is 17.8 Å². The van der Waals surface area contributed by atoms with Crippen LogP contribution in [0.25, 0.3) is 0 Å². The van der Waals surface area contributed by atoms with Gasteiger partial charge in [-0.1, -0.05) is 30.3 Å². The van der Waals surface area contributed by atoms with Crippen molar-refractivity contribution in [2.24, 2.45) is 0 Å². The van der Waals surface area contributed by atoms with E-state index in [4.69, 9.17) is 9.15 Å². The van der Waals surface area contributed by atoms with Crippen molar-refractivity contribution in [3.8, 4) is 0 Å². The number of carbonyl (C=O) groups is 2. The number of aromatic nitrogens is 2. The number of aryl methyl sites for hydroxylation is 1. The Kier molecular flexibility index (Phi) is 6.30. The standard InChI is InChI=1S/C20H20BrN3O4/c1-13-16(14(2)24(23-13)11-15-6-4-3-5-7-15)10-22-19(25)12-27-20(26)17-8-9-18(21)28-17/h3-9H,10-12H2,1-2H3,(H,22,25). The average molecular weight is 446 g/mol. The van der Waals surface area contributed by atoms with Gasteiger partial charge in [-0.3, -0.25) is 9.48 Å². The van der Waals surface area contributed by atoms with Gasteiger partial charge in [-0.05, 0) is 47.5 Å². The summed E-state index contributed by atoms with van der Waals surface area (Å²) >= 11 is 3.11. The van der Waals surface area contributed by atoms with E-state index >= 15 is 0 Å². The molecule has 0 radical (unpaired) electrons. The van der Waals surface area contributed by atoms with Crippen LogP contribution in [0.2, 0.25) is 0 Å². The number of rotatable bonds is 7. The minimum absolute atomic E-state index is 0.0357. The zero-order valence-corrected chi connectivity index (χ0v) is 17.2. The molecule has 0 aliphatic rings. The van der Waals surface area contributed by atoms with Gasteiger partial charge in [-0.15, -0.1) is 0 Å². The number of carbonyl (C=O) groups excluding carboxylic acids is 2. The van der Waals surface area contributed by atoms with Crippen LogP contribution in [0.1, 0.15) is 33.1 Å². The highest BCUT2D eigenvalue weighted by molar-refractivity contribution is 9.10. The molecule has 0 aliphatic carbocycles. The third kappa shape index (κ3) is 4.89. The molecule has 146 valence electrons. The Labute approximate surface area is 170 Å². The van der Waals surface area contributed by atoms with Crippen molar-refractivity contribution in [2.75, 3.05) is 6.61 Å². The molecule has 3 aromatic rings. The fourth-order valence-electron chi connectivity index (χ4n) is 2.76. The molecule has 8 heteroatoms. The molecule has 3 rings (SSSR count). The van der Waals surface area contributed by atoms with E-state index in [-0.39, 0.29) is 12.4 Å². The molecule has 0 atom stereocenters. The average Bonchev–Trinajstić information content (AvgIpc) is 3.23. The third-order valence-electron chi connectivity index (χ3n) is 4.28. The third-order valence-corrected chi connectivity index (χ3v) is 4.70. The maximum Gasteiger partial charge on any atom is 0.374 e. The zero-order chi connectivity index (χ0) is 20.1. The Morgan fingerprint density at radius 1 is 1.18 bits per heavy atom. The van der Waals surface area contributed by atoms with E-state index in [1.54, 1.807) is 6.07 Å². The highest BCUT2D eigenvalue weighted by Gasteiger charge is 2.16. The Balaban J connectivity index is 1.54. The van der Waals surface area contributed by atoms with Crippen molar-refractivity contribution in [1.29, 1.82) is 0 Å². The number of ether oxygens (including phenoxy) is 1. The lowest BCUT2D eigenvalue weighted by molar-refractivity contribution is -0.124. The minimum Gasteiger partial charge on any atom is -0.450 e. The van der Waals surface area contributed by atoms with Crippen LogP contribution in [-0.4, -0.2) is 28.3 Å². The van der Waals surface area contributed by atoms with Crippen LogP contribution < -0.4 is 5.32 Å². The second-order valence-corrected chi connectivity index (χ2v) is 7.03. The summed E-state index contributed by atoms with van der Waals surface area (Å²) in [5.41, 5.74) is 3.94. The van der Waals surface area contributed by atoms with Gasteiger partial charge in [0.2, 0.25) is 5.76 Å². The number of halogens is 1. The van der Waals surface area contributed by atoms with Crippen LogP contribution in [0, 0.1) is 13.8 Å². The van der Waals surface area contributed by atoms with Gasteiger partial charge in [0.1, 0.15) is 0 Å². The van der Waals surface area contributed by atoms with Crippen molar-refractivity contribution in [3.63, 3.8) is 0 Å². The van der Waals surface area contributed by atoms with Gasteiger partial charge in [-0.2, -0.15) is 5.10 Å². The van der Waals surface area contributed by atoms with E-state index < -0.39 is 11.9 Å². The van der Waals surface area contributed by atoms with E-state index in [2.05, 4.69) is 26.3 Å². The maximum atomic E-state index is 12.0. The highest BCUT2D eigenvalue weighted by atomic mass is 79.9. The lowest BCUT2D eigenvalue weighted by Crippen LogP contribution is -2.28. The second kappa shape index (κ2) is 8.88. The summed E-state index contributed by atoms with van der Waals surface area (Å²) in [6.45, 7) is 4.48. The van der Waals surface area contributed by atoms with Gasteiger partial charge in [0.05, 0.1) is 12.2 Å². The summed E-state index contributed by atoms with van der Waals surface area (Å²) < 4.78 is 12.4. The van der Waals surface area contributed by atoms with Gasteiger partial charge in [-0.25, -0.2) is 4.79 Å². The normalized spacial score (nSPS) is 10.7. The monoisotopic (exact) mass is 445 g/mol. The number of benzene rings is 1. The van der Waals surface area contributed by atoms with E-state index in [1.807, 2.05) is 48.9 Å². The zero-order valence-electron chi connectivity index (χ0n) is 15.6. The van der Waals surface area contributed by atoms with Crippen molar-refractivity contribution in [1.82, 2.24) is 15.1 Å². The van der Waals surface area contributed by atoms with Crippen LogP contribution in [0.3, 0.4) is 0 Å². The molecule has 1 amide bonds. The number of esters is 1. The first-order valence-electron chi connectivity index (χ1n) is 8.70. The molecule has 28 heavy (non-hydrogen) atoms. The van der Waals surface area contributed by atoms with Crippen LogP contribution in [0.5, 0.6) is 0 Å². The predicted octanol–water partition coefficient (Wildman–Crippen LogP) is 3.38. The molecule has 0 bridgehead atoms. The lowest BCUT2D eigenvalue weighted by Gasteiger charge is -2.08. The Hall–Kier alpha value is -2.87. The first kappa shape index (κ1) is 19.9. The smallest absolute Gasteiger partial charge is 0.374 e. The maximum absolute atomic E-state index is 12.0. The fourth-order valence-corrected chi connectivity index (χ4v) is 3.07. The van der Waals surface area contributed by atoms with Crippen LogP contribution in [-0.2, 0) is 22.6 Å². The van der Waals surface area contributed by atoms with E-state index in [1.165, 1.54) is 6.07 Å². The Morgan fingerprint density at radius 2 is 1.93 bits per heavy atom. The predicted molar refractivity (Wildman–Crippen MR) is 106 cm³/mol. The summed E-state index contributed by atoms with van der Waals surface area (Å²) in [6.07, 6.45) is 0. The molecule has 0 fully saturated rings. The number of amides is 1. The molecule has 7 nitrogen and oxygen atoms in total. The summed E-state index contributed by atoms with van der Waals surface area (Å²) in [6, 6.07) is 13.1. The molecule has 0 spiro atoms. The Morgan fingerprint density at radius 3 is 2.61 bits per heavy atom. The molecule has 0 saturated heterocycles. The van der Waals surface area contributed by atoms with Crippen molar-refractivity contribution in [3.05, 3.63) is 75.4 Å². The largest absolute Gasteiger partial charge is 0.450 e. The fraction of sp³-hybridized carbons (Fsp3) is 0.250. The number of hydrogen-bond acceptors (Lipinski definition) is 5. The van der Waals surface area contributed by atoms with Crippen molar-refractivity contribution in [2.45, 2.75) is 26.9 Å². The van der Waals surface area contributed by atoms with Gasteiger partial charge < -0.3 is 14.5 Å². The number of nitrogens with one attached hydrogen (secondary N) is 1. The molecule has 2 aromatic heterocycles. The van der Waals surface area contributed by atoms with Gasteiger partial charge >= 0.3 is 5.97 Å². The van der Waals surface area contributed by atoms with E-state index in [0.717, 1.165) is 22.5 Å². The lowest BCUT2D eigenvalue weighted by atomic mass is 10.2. The molecule has 1 aromatic carbocycles. The first-order chi connectivity index (χ1) is 13.4. The van der Waals surface area contributed by atoms with Crippen LogP contribution >= 0.6 is 15.9 Å². The van der Waals surface area contributed by atoms with Crippen LogP contribution in [0.4, 0.5) is 0 Å². The van der Waals surface area contributed by atoms with Crippen molar-refractivity contribution < 1.29 is 18.7 Å². The summed E-state index contributed by atoms with van der Waals surface area (Å²) in [5, 5.41) is 7.32. The van der Waals surface area contributed by atoms with Gasteiger partial charge in [0.25, 0.3) is 5.91 Å². The quantitative estimate of drug-likeness (QED) is 0.563. The highest BCUT2D eigenvalue weighted by Crippen LogP contribution is 2.16. The second-order valence-electron chi connectivity index (χ2n) is 6.25. The van der Waals surface area contributed by atoms with Gasteiger partial charge in [0, 0.05) is 17.8 Å². The van der Waals surface area contributed by atoms with E-state index in [9.17, 15) is 9.59 Å². The topological polar surface area (TPSA) is 86.4 Å². The summed E-state index contributed by atoms with van der Waals surface area (Å²) in [7, 11) is 0. The summed E-state index contributed by atoms with van der Waals surface area (Å²) in [5.74, 6) is -1.05. The molecule has 0 aliphatic heterocycles. The van der Waals surface area contributed by atoms with Crippen LogP contribution in [0.15, 0.2) is 51.6 Å². The molecular formula is C20H20BrN3O4. The van der Waals surface area contributed by atoms with Gasteiger partial charge in [0.15, 0.2) is 11.3 Å². The summed E-state index contributed by atoms with van der Waals surface area (Å²) in [4.78, 5) is 23.8. The minimum atomic E-state index is -0.691. The molecule has 0 saturated carbocycles. The Bertz CT molecular complexity index is 979. The number of hydrogen-bond donors (Lipinski definition) is 1.